The molecule has 0 spiro atoms. The molecule has 0 radical (unpaired) electrons. The molecule has 0 saturated carbocycles. The predicted octanol–water partition coefficient (Wildman–Crippen LogP) is 4.95. The molecule has 2 rings (SSSR count). The maximum absolute atomic E-state index is 5.97. The van der Waals surface area contributed by atoms with Crippen molar-refractivity contribution in [2.24, 2.45) is 0 Å². The van der Waals surface area contributed by atoms with Gasteiger partial charge >= 0.3 is 0 Å². The molecular weight excluding hydrogens is 360 g/mol. The molecule has 0 aliphatic carbocycles. The van der Waals surface area contributed by atoms with E-state index >= 15 is 0 Å². The molecule has 2 aromatic rings. The summed E-state index contributed by atoms with van der Waals surface area (Å²) >= 11 is 11.0. The Morgan fingerprint density at radius 3 is 2.90 bits per heavy atom. The highest BCUT2D eigenvalue weighted by atomic mass is 79.9. The van der Waals surface area contributed by atoms with Crippen molar-refractivity contribution in [3.8, 4) is 0 Å². The summed E-state index contributed by atoms with van der Waals surface area (Å²) in [5.74, 6) is 1.41. The highest BCUT2D eigenvalue weighted by Gasteiger charge is 2.12. The first-order valence-corrected chi connectivity index (χ1v) is 8.37. The number of rotatable bonds is 6. The lowest BCUT2D eigenvalue weighted by molar-refractivity contribution is 0.886. The van der Waals surface area contributed by atoms with Gasteiger partial charge in [0.25, 0.3) is 0 Å². The predicted molar refractivity (Wildman–Crippen MR) is 89.9 cm³/mol. The van der Waals surface area contributed by atoms with Crippen molar-refractivity contribution in [3.05, 3.63) is 32.0 Å². The summed E-state index contributed by atoms with van der Waals surface area (Å²) in [6.07, 6.45) is 2.79. The van der Waals surface area contributed by atoms with Gasteiger partial charge in [-0.3, -0.25) is 0 Å². The van der Waals surface area contributed by atoms with Crippen LogP contribution in [-0.4, -0.2) is 16.5 Å². The van der Waals surface area contributed by atoms with Gasteiger partial charge in [-0.2, -0.15) is 4.98 Å². The Balaban J connectivity index is 2.11. The van der Waals surface area contributed by atoms with E-state index in [1.54, 1.807) is 17.5 Å². The van der Waals surface area contributed by atoms with Crippen molar-refractivity contribution < 1.29 is 0 Å². The smallest absolute Gasteiger partial charge is 0.224 e. The first-order chi connectivity index (χ1) is 9.60. The first kappa shape index (κ1) is 15.5. The van der Waals surface area contributed by atoms with E-state index in [4.69, 9.17) is 11.6 Å². The van der Waals surface area contributed by atoms with Gasteiger partial charge in [0.05, 0.1) is 14.9 Å². The maximum Gasteiger partial charge on any atom is 0.224 e. The van der Waals surface area contributed by atoms with Crippen molar-refractivity contribution >= 4 is 50.6 Å². The lowest BCUT2D eigenvalue weighted by Gasteiger charge is -2.15. The van der Waals surface area contributed by atoms with Crippen molar-refractivity contribution in [1.82, 2.24) is 9.97 Å². The van der Waals surface area contributed by atoms with Gasteiger partial charge < -0.3 is 10.6 Å². The van der Waals surface area contributed by atoms with Gasteiger partial charge in [0, 0.05) is 17.6 Å². The third kappa shape index (κ3) is 4.07. The van der Waals surface area contributed by atoms with Gasteiger partial charge in [-0.15, -0.1) is 11.3 Å². The molecule has 0 fully saturated rings. The fourth-order valence-corrected chi connectivity index (χ4v) is 3.00. The summed E-state index contributed by atoms with van der Waals surface area (Å²) in [4.78, 5) is 9.88. The zero-order valence-electron chi connectivity index (χ0n) is 11.3. The average molecular weight is 376 g/mol. The number of anilines is 2. The maximum atomic E-state index is 5.97. The summed E-state index contributed by atoms with van der Waals surface area (Å²) in [7, 11) is 0. The SMILES string of the molecule is CCCNc1ncc(Br)c(NC(C)c2ccc(Cl)s2)n1. The molecule has 0 aliphatic rings. The largest absolute Gasteiger partial charge is 0.362 e. The van der Waals surface area contributed by atoms with Crippen LogP contribution in [0.15, 0.2) is 22.8 Å². The minimum atomic E-state index is 0.137. The third-order valence-corrected chi connectivity index (χ3v) is 4.65. The van der Waals surface area contributed by atoms with Crippen LogP contribution in [-0.2, 0) is 0 Å². The van der Waals surface area contributed by atoms with Crippen LogP contribution in [0.4, 0.5) is 11.8 Å². The van der Waals surface area contributed by atoms with Crippen molar-refractivity contribution in [2.75, 3.05) is 17.2 Å². The fraction of sp³-hybridized carbons (Fsp3) is 0.385. The summed E-state index contributed by atoms with van der Waals surface area (Å²) in [5.41, 5.74) is 0. The first-order valence-electron chi connectivity index (χ1n) is 6.38. The highest BCUT2D eigenvalue weighted by Crippen LogP contribution is 2.30. The molecule has 108 valence electrons. The standard InChI is InChI=1S/C13H16BrClN4S/c1-3-6-16-13-17-7-9(14)12(19-13)18-8(2)10-4-5-11(15)20-10/h4-5,7-8H,3,6H2,1-2H3,(H2,16,17,18,19). The third-order valence-electron chi connectivity index (χ3n) is 2.65. The van der Waals surface area contributed by atoms with Crippen LogP contribution in [0.2, 0.25) is 4.34 Å². The molecule has 0 amide bonds. The van der Waals surface area contributed by atoms with Gasteiger partial charge in [-0.05, 0) is 41.4 Å². The van der Waals surface area contributed by atoms with E-state index in [-0.39, 0.29) is 6.04 Å². The summed E-state index contributed by atoms with van der Waals surface area (Å²) < 4.78 is 1.63. The monoisotopic (exact) mass is 374 g/mol. The molecule has 7 heteroatoms. The van der Waals surface area contributed by atoms with Crippen LogP contribution >= 0.6 is 38.9 Å². The molecule has 20 heavy (non-hydrogen) atoms. The van der Waals surface area contributed by atoms with E-state index < -0.39 is 0 Å². The second-order valence-electron chi connectivity index (χ2n) is 4.32. The number of thiophene rings is 1. The molecular formula is C13H16BrClN4S. The van der Waals surface area contributed by atoms with Crippen LogP contribution in [0.25, 0.3) is 0 Å². The Morgan fingerprint density at radius 1 is 1.45 bits per heavy atom. The summed E-state index contributed by atoms with van der Waals surface area (Å²) in [5, 5.41) is 6.55. The van der Waals surface area contributed by atoms with Crippen molar-refractivity contribution in [1.29, 1.82) is 0 Å². The minimum absolute atomic E-state index is 0.137. The quantitative estimate of drug-likeness (QED) is 0.750. The topological polar surface area (TPSA) is 49.8 Å². The van der Waals surface area contributed by atoms with Crippen LogP contribution in [0.3, 0.4) is 0 Å². The number of hydrogen-bond donors (Lipinski definition) is 2. The van der Waals surface area contributed by atoms with Gasteiger partial charge in [0.2, 0.25) is 5.95 Å². The second-order valence-corrected chi connectivity index (χ2v) is 6.93. The van der Waals surface area contributed by atoms with Crippen molar-refractivity contribution in [2.45, 2.75) is 26.3 Å². The van der Waals surface area contributed by atoms with E-state index in [0.29, 0.717) is 5.95 Å². The molecule has 0 bridgehead atoms. The van der Waals surface area contributed by atoms with Gasteiger partial charge in [-0.1, -0.05) is 18.5 Å². The number of aromatic nitrogens is 2. The number of nitrogens with zero attached hydrogens (tertiary/aromatic N) is 2. The molecule has 2 heterocycles. The highest BCUT2D eigenvalue weighted by molar-refractivity contribution is 9.10. The lowest BCUT2D eigenvalue weighted by Crippen LogP contribution is -2.10. The number of hydrogen-bond acceptors (Lipinski definition) is 5. The lowest BCUT2D eigenvalue weighted by atomic mass is 10.3. The normalized spacial score (nSPS) is 12.2. The number of nitrogens with one attached hydrogen (secondary N) is 2. The molecule has 0 aliphatic heterocycles. The Hall–Kier alpha value is -0.850. The average Bonchev–Trinajstić information content (AvgIpc) is 2.86. The Labute approximate surface area is 136 Å². The molecule has 0 saturated heterocycles. The van der Waals surface area contributed by atoms with E-state index in [9.17, 15) is 0 Å². The van der Waals surface area contributed by atoms with Gasteiger partial charge in [0.15, 0.2) is 0 Å². The van der Waals surface area contributed by atoms with E-state index in [2.05, 4.69) is 50.4 Å². The fourth-order valence-electron chi connectivity index (χ4n) is 1.63. The summed E-state index contributed by atoms with van der Waals surface area (Å²) in [6, 6.07) is 4.07. The van der Waals surface area contributed by atoms with Gasteiger partial charge in [0.1, 0.15) is 5.82 Å². The van der Waals surface area contributed by atoms with E-state index in [1.165, 1.54) is 4.88 Å². The summed E-state index contributed by atoms with van der Waals surface area (Å²) in [6.45, 7) is 5.04. The minimum Gasteiger partial charge on any atom is -0.362 e. The molecule has 0 aromatic carbocycles. The van der Waals surface area contributed by atoms with Crippen LogP contribution < -0.4 is 10.6 Å². The van der Waals surface area contributed by atoms with Crippen LogP contribution in [0.5, 0.6) is 0 Å². The Bertz CT molecular complexity index is 575. The molecule has 2 N–H and O–H groups in total. The molecule has 1 unspecified atom stereocenters. The molecule has 1 atom stereocenters. The Kier molecular flexibility index (Phi) is 5.63. The zero-order valence-corrected chi connectivity index (χ0v) is 14.4. The van der Waals surface area contributed by atoms with Crippen molar-refractivity contribution in [3.63, 3.8) is 0 Å². The number of halogens is 2. The molecule has 2 aromatic heterocycles. The van der Waals surface area contributed by atoms with Gasteiger partial charge in [-0.25, -0.2) is 4.98 Å². The zero-order chi connectivity index (χ0) is 14.5. The van der Waals surface area contributed by atoms with E-state index in [1.807, 2.05) is 12.1 Å². The Morgan fingerprint density at radius 2 is 2.25 bits per heavy atom. The second kappa shape index (κ2) is 7.24. The van der Waals surface area contributed by atoms with Crippen LogP contribution in [0.1, 0.15) is 31.2 Å². The molecule has 4 nitrogen and oxygen atoms in total. The van der Waals surface area contributed by atoms with Crippen LogP contribution in [0, 0.1) is 0 Å². The van der Waals surface area contributed by atoms with E-state index in [0.717, 1.165) is 27.6 Å².